The Morgan fingerprint density at radius 2 is 1.85 bits per heavy atom. The predicted octanol–water partition coefficient (Wildman–Crippen LogP) is 3.02. The van der Waals surface area contributed by atoms with Gasteiger partial charge < -0.3 is 10.6 Å². The first-order valence-electron chi connectivity index (χ1n) is 7.30. The minimum atomic E-state index is -0.110. The first kappa shape index (κ1) is 13.2. The lowest BCUT2D eigenvalue weighted by atomic mass is 9.88. The molecule has 3 atom stereocenters. The topological polar surface area (TPSA) is 58.2 Å². The molecule has 1 aromatic rings. The van der Waals surface area contributed by atoms with Gasteiger partial charge in [-0.2, -0.15) is 0 Å². The van der Waals surface area contributed by atoms with Crippen LogP contribution in [0, 0.1) is 17.8 Å². The molecule has 2 bridgehead atoms. The summed E-state index contributed by atoms with van der Waals surface area (Å²) in [7, 11) is 0. The molecule has 0 aliphatic heterocycles. The summed E-state index contributed by atoms with van der Waals surface area (Å²) in [5.74, 6) is 1.55. The van der Waals surface area contributed by atoms with Crippen molar-refractivity contribution in [1.29, 1.82) is 0 Å². The molecule has 2 saturated carbocycles. The van der Waals surface area contributed by atoms with Crippen molar-refractivity contribution >= 4 is 23.2 Å². The van der Waals surface area contributed by atoms with E-state index in [1.54, 1.807) is 6.07 Å². The molecule has 1 aromatic carbocycles. The molecule has 4 nitrogen and oxygen atoms in total. The quantitative estimate of drug-likeness (QED) is 0.888. The Morgan fingerprint density at radius 1 is 1.10 bits per heavy atom. The molecule has 4 heteroatoms. The summed E-state index contributed by atoms with van der Waals surface area (Å²) in [5.41, 5.74) is 1.47. The van der Waals surface area contributed by atoms with Crippen LogP contribution in [0.1, 0.15) is 32.6 Å². The number of hydrogen-bond acceptors (Lipinski definition) is 2. The van der Waals surface area contributed by atoms with Gasteiger partial charge in [0.25, 0.3) is 0 Å². The van der Waals surface area contributed by atoms with Crippen molar-refractivity contribution in [2.24, 2.45) is 17.8 Å². The molecule has 0 aromatic heterocycles. The molecular formula is C16H20N2O2. The molecule has 0 saturated heterocycles. The molecule has 106 valence electrons. The number of anilines is 2. The molecule has 0 heterocycles. The summed E-state index contributed by atoms with van der Waals surface area (Å²) in [5, 5.41) is 5.72. The number of benzene rings is 1. The SMILES string of the molecule is CC(=O)Nc1cccc(NC(=O)[C@@H]2C[C@@H]3CC[C@H]2C3)c1. The monoisotopic (exact) mass is 272 g/mol. The van der Waals surface area contributed by atoms with Crippen LogP contribution in [0.15, 0.2) is 24.3 Å². The van der Waals surface area contributed by atoms with Crippen molar-refractivity contribution in [2.75, 3.05) is 10.6 Å². The standard InChI is InChI=1S/C16H20N2O2/c1-10(19)17-13-3-2-4-14(9-13)18-16(20)15-8-11-5-6-12(15)7-11/h2-4,9,11-12,15H,5-8H2,1H3,(H,17,19)(H,18,20)/t11-,12+,15-/m1/s1. The fourth-order valence-electron chi connectivity index (χ4n) is 3.68. The Balaban J connectivity index is 1.65. The van der Waals surface area contributed by atoms with Crippen molar-refractivity contribution in [3.05, 3.63) is 24.3 Å². The number of rotatable bonds is 3. The molecule has 2 N–H and O–H groups in total. The Labute approximate surface area is 118 Å². The summed E-state index contributed by atoms with van der Waals surface area (Å²) in [6, 6.07) is 7.30. The molecule has 2 aliphatic carbocycles. The third kappa shape index (κ3) is 2.69. The average molecular weight is 272 g/mol. The largest absolute Gasteiger partial charge is 0.326 e. The van der Waals surface area contributed by atoms with Gasteiger partial charge in [0.2, 0.25) is 11.8 Å². The van der Waals surface area contributed by atoms with Crippen LogP contribution in [0.25, 0.3) is 0 Å². The molecule has 2 aliphatic rings. The second-order valence-corrected chi connectivity index (χ2v) is 6.03. The van der Waals surface area contributed by atoms with Crippen molar-refractivity contribution in [1.82, 2.24) is 0 Å². The van der Waals surface area contributed by atoms with E-state index >= 15 is 0 Å². The van der Waals surface area contributed by atoms with Crippen LogP contribution in [0.2, 0.25) is 0 Å². The van der Waals surface area contributed by atoms with Gasteiger partial charge in [-0.25, -0.2) is 0 Å². The second-order valence-electron chi connectivity index (χ2n) is 6.03. The fraction of sp³-hybridized carbons (Fsp3) is 0.500. The zero-order chi connectivity index (χ0) is 14.1. The molecule has 0 unspecified atom stereocenters. The van der Waals surface area contributed by atoms with E-state index in [-0.39, 0.29) is 17.7 Å². The number of nitrogens with one attached hydrogen (secondary N) is 2. The van der Waals surface area contributed by atoms with Crippen LogP contribution in [0.3, 0.4) is 0 Å². The zero-order valence-electron chi connectivity index (χ0n) is 11.7. The lowest BCUT2D eigenvalue weighted by Gasteiger charge is -2.20. The summed E-state index contributed by atoms with van der Waals surface area (Å²) in [6.45, 7) is 1.47. The van der Waals surface area contributed by atoms with E-state index in [1.807, 2.05) is 18.2 Å². The van der Waals surface area contributed by atoms with Gasteiger partial charge in [0.05, 0.1) is 0 Å². The minimum Gasteiger partial charge on any atom is -0.326 e. The van der Waals surface area contributed by atoms with Crippen LogP contribution >= 0.6 is 0 Å². The van der Waals surface area contributed by atoms with E-state index in [1.165, 1.54) is 26.2 Å². The predicted molar refractivity (Wildman–Crippen MR) is 78.3 cm³/mol. The van der Waals surface area contributed by atoms with Crippen molar-refractivity contribution in [3.63, 3.8) is 0 Å². The molecule has 20 heavy (non-hydrogen) atoms. The van der Waals surface area contributed by atoms with Gasteiger partial charge in [0.1, 0.15) is 0 Å². The van der Waals surface area contributed by atoms with Crippen LogP contribution in [-0.4, -0.2) is 11.8 Å². The molecule has 0 spiro atoms. The summed E-state index contributed by atoms with van der Waals surface area (Å²) in [6.07, 6.45) is 4.77. The first-order valence-corrected chi connectivity index (χ1v) is 7.30. The van der Waals surface area contributed by atoms with Crippen molar-refractivity contribution < 1.29 is 9.59 Å². The van der Waals surface area contributed by atoms with Crippen LogP contribution < -0.4 is 10.6 Å². The van der Waals surface area contributed by atoms with Crippen LogP contribution in [0.4, 0.5) is 11.4 Å². The number of carbonyl (C=O) groups is 2. The summed E-state index contributed by atoms with van der Waals surface area (Å²) in [4.78, 5) is 23.4. The van der Waals surface area contributed by atoms with Gasteiger partial charge in [0.15, 0.2) is 0 Å². The molecular weight excluding hydrogens is 252 g/mol. The van der Waals surface area contributed by atoms with Gasteiger partial charge in [0, 0.05) is 24.2 Å². The maximum Gasteiger partial charge on any atom is 0.227 e. The third-order valence-electron chi connectivity index (χ3n) is 4.53. The summed E-state index contributed by atoms with van der Waals surface area (Å²) < 4.78 is 0. The Bertz CT molecular complexity index is 541. The highest BCUT2D eigenvalue weighted by Crippen LogP contribution is 2.48. The van der Waals surface area contributed by atoms with E-state index in [2.05, 4.69) is 10.6 Å². The van der Waals surface area contributed by atoms with Crippen molar-refractivity contribution in [2.45, 2.75) is 32.6 Å². The minimum absolute atomic E-state index is 0.110. The molecule has 0 radical (unpaired) electrons. The third-order valence-corrected chi connectivity index (χ3v) is 4.53. The highest BCUT2D eigenvalue weighted by molar-refractivity contribution is 5.94. The highest BCUT2D eigenvalue weighted by Gasteiger charge is 2.42. The maximum absolute atomic E-state index is 12.3. The van der Waals surface area contributed by atoms with Gasteiger partial charge in [-0.15, -0.1) is 0 Å². The van der Waals surface area contributed by atoms with Gasteiger partial charge in [-0.3, -0.25) is 9.59 Å². The highest BCUT2D eigenvalue weighted by atomic mass is 16.2. The van der Waals surface area contributed by atoms with E-state index in [4.69, 9.17) is 0 Å². The molecule has 2 fully saturated rings. The number of fused-ring (bicyclic) bond motifs is 2. The van der Waals surface area contributed by atoms with E-state index < -0.39 is 0 Å². The van der Waals surface area contributed by atoms with Gasteiger partial charge in [-0.1, -0.05) is 12.5 Å². The van der Waals surface area contributed by atoms with Gasteiger partial charge in [-0.05, 0) is 49.3 Å². The Hall–Kier alpha value is -1.84. The Kier molecular flexibility index (Phi) is 3.47. The lowest BCUT2D eigenvalue weighted by molar-refractivity contribution is -0.121. The van der Waals surface area contributed by atoms with Crippen molar-refractivity contribution in [3.8, 4) is 0 Å². The molecule has 3 rings (SSSR count). The number of hydrogen-bond donors (Lipinski definition) is 2. The van der Waals surface area contributed by atoms with Crippen LogP contribution in [0.5, 0.6) is 0 Å². The van der Waals surface area contributed by atoms with E-state index in [0.29, 0.717) is 11.6 Å². The number of carbonyl (C=O) groups excluding carboxylic acids is 2. The smallest absolute Gasteiger partial charge is 0.227 e. The van der Waals surface area contributed by atoms with Gasteiger partial charge >= 0.3 is 0 Å². The zero-order valence-corrected chi connectivity index (χ0v) is 11.7. The Morgan fingerprint density at radius 3 is 2.45 bits per heavy atom. The molecule has 2 amide bonds. The fourth-order valence-corrected chi connectivity index (χ4v) is 3.68. The lowest BCUT2D eigenvalue weighted by Crippen LogP contribution is -2.27. The number of amides is 2. The average Bonchev–Trinajstić information content (AvgIpc) is 3.00. The first-order chi connectivity index (χ1) is 9.61. The maximum atomic E-state index is 12.3. The van der Waals surface area contributed by atoms with E-state index in [9.17, 15) is 9.59 Å². The van der Waals surface area contributed by atoms with Crippen LogP contribution in [-0.2, 0) is 9.59 Å². The second kappa shape index (κ2) is 5.27. The summed E-state index contributed by atoms with van der Waals surface area (Å²) >= 11 is 0. The van der Waals surface area contributed by atoms with E-state index in [0.717, 1.165) is 18.0 Å². The normalized spacial score (nSPS) is 27.4.